The topological polar surface area (TPSA) is 73.6 Å². The Kier molecular flexibility index (Phi) is 6.23. The fraction of sp³-hybridized carbons (Fsp3) is 0.167. The van der Waals surface area contributed by atoms with Crippen molar-refractivity contribution in [1.29, 1.82) is 0 Å². The van der Waals surface area contributed by atoms with E-state index in [1.165, 1.54) is 5.56 Å². The van der Waals surface area contributed by atoms with E-state index in [0.29, 0.717) is 28.4 Å². The zero-order valence-corrected chi connectivity index (χ0v) is 18.7. The van der Waals surface area contributed by atoms with Crippen molar-refractivity contribution < 1.29 is 18.7 Å². The molecule has 1 aromatic heterocycles. The lowest BCUT2D eigenvalue weighted by Gasteiger charge is -2.08. The smallest absolute Gasteiger partial charge is 0.262 e. The van der Waals surface area contributed by atoms with Gasteiger partial charge in [0.15, 0.2) is 12.2 Å². The number of aryl methyl sites for hydroxylation is 1. The lowest BCUT2D eigenvalue weighted by atomic mass is 10.2. The van der Waals surface area contributed by atoms with Gasteiger partial charge in [0.05, 0.1) is 11.6 Å². The number of aromatic nitrogens is 1. The molecule has 158 valence electrons. The zero-order chi connectivity index (χ0) is 21.8. The number of rotatable bonds is 7. The number of amides is 1. The third kappa shape index (κ3) is 4.88. The van der Waals surface area contributed by atoms with Gasteiger partial charge in [-0.05, 0) is 76.4 Å². The molecule has 0 aliphatic carbocycles. The van der Waals surface area contributed by atoms with Crippen molar-refractivity contribution in [2.75, 3.05) is 19.0 Å². The van der Waals surface area contributed by atoms with Crippen LogP contribution in [0.2, 0.25) is 0 Å². The molecule has 0 saturated carbocycles. The first kappa shape index (κ1) is 20.9. The molecule has 3 aromatic carbocycles. The molecule has 6 nitrogen and oxygen atoms in total. The van der Waals surface area contributed by atoms with Gasteiger partial charge in [0.25, 0.3) is 5.91 Å². The molecule has 0 spiro atoms. The first-order valence-electron chi connectivity index (χ1n) is 9.82. The van der Waals surface area contributed by atoms with Crippen molar-refractivity contribution in [2.24, 2.45) is 0 Å². The number of benzene rings is 3. The number of anilines is 1. The lowest BCUT2D eigenvalue weighted by Crippen LogP contribution is -2.20. The first-order chi connectivity index (χ1) is 15.1. The van der Waals surface area contributed by atoms with E-state index in [2.05, 4.69) is 33.2 Å². The highest BCUT2D eigenvalue weighted by atomic mass is 79.9. The Morgan fingerprint density at radius 3 is 2.61 bits per heavy atom. The predicted molar refractivity (Wildman–Crippen MR) is 124 cm³/mol. The summed E-state index contributed by atoms with van der Waals surface area (Å²) < 4.78 is 17.5. The second-order valence-electron chi connectivity index (χ2n) is 6.89. The van der Waals surface area contributed by atoms with Crippen molar-refractivity contribution >= 4 is 38.6 Å². The third-order valence-corrected chi connectivity index (χ3v) is 5.39. The number of ether oxygens (including phenoxy) is 2. The van der Waals surface area contributed by atoms with E-state index in [1.54, 1.807) is 25.3 Å². The minimum Gasteiger partial charge on any atom is -0.496 e. The van der Waals surface area contributed by atoms with Gasteiger partial charge in [0.2, 0.25) is 5.89 Å². The second-order valence-corrected chi connectivity index (χ2v) is 7.74. The summed E-state index contributed by atoms with van der Waals surface area (Å²) in [5.74, 6) is 1.63. The van der Waals surface area contributed by atoms with Gasteiger partial charge in [-0.25, -0.2) is 4.98 Å². The third-order valence-electron chi connectivity index (χ3n) is 4.77. The Balaban J connectivity index is 1.43. The summed E-state index contributed by atoms with van der Waals surface area (Å²) in [6, 6.07) is 18.6. The van der Waals surface area contributed by atoms with Gasteiger partial charge in [-0.15, -0.1) is 0 Å². The summed E-state index contributed by atoms with van der Waals surface area (Å²) in [4.78, 5) is 16.8. The predicted octanol–water partition coefficient (Wildman–Crippen LogP) is 5.85. The van der Waals surface area contributed by atoms with E-state index < -0.39 is 0 Å². The number of oxazole rings is 1. The molecule has 1 heterocycles. The maximum Gasteiger partial charge on any atom is 0.262 e. The van der Waals surface area contributed by atoms with Crippen LogP contribution in [0.4, 0.5) is 5.69 Å². The quantitative estimate of drug-likeness (QED) is 0.359. The van der Waals surface area contributed by atoms with E-state index >= 15 is 0 Å². The molecule has 0 radical (unpaired) electrons. The molecular formula is C24H21BrN2O4. The van der Waals surface area contributed by atoms with Crippen LogP contribution in [-0.2, 0) is 11.2 Å². The van der Waals surface area contributed by atoms with Crippen LogP contribution in [0.25, 0.3) is 22.6 Å². The summed E-state index contributed by atoms with van der Waals surface area (Å²) in [7, 11) is 1.61. The summed E-state index contributed by atoms with van der Waals surface area (Å²) in [5, 5.41) is 2.83. The Labute approximate surface area is 188 Å². The van der Waals surface area contributed by atoms with Gasteiger partial charge in [-0.1, -0.05) is 19.1 Å². The highest BCUT2D eigenvalue weighted by Gasteiger charge is 2.12. The van der Waals surface area contributed by atoms with Crippen LogP contribution in [0.5, 0.6) is 11.5 Å². The van der Waals surface area contributed by atoms with Gasteiger partial charge in [0, 0.05) is 11.3 Å². The van der Waals surface area contributed by atoms with Gasteiger partial charge >= 0.3 is 0 Å². The Bertz CT molecular complexity index is 1220. The molecule has 0 bridgehead atoms. The fourth-order valence-corrected chi connectivity index (χ4v) is 3.64. The molecule has 0 unspecified atom stereocenters. The lowest BCUT2D eigenvalue weighted by molar-refractivity contribution is -0.118. The van der Waals surface area contributed by atoms with Gasteiger partial charge in [-0.3, -0.25) is 4.79 Å². The van der Waals surface area contributed by atoms with E-state index in [1.807, 2.05) is 42.5 Å². The van der Waals surface area contributed by atoms with Crippen LogP contribution < -0.4 is 14.8 Å². The molecule has 0 saturated heterocycles. The Morgan fingerprint density at radius 2 is 1.90 bits per heavy atom. The number of hydrogen-bond donors (Lipinski definition) is 1. The van der Waals surface area contributed by atoms with Crippen molar-refractivity contribution in [2.45, 2.75) is 13.3 Å². The van der Waals surface area contributed by atoms with E-state index in [9.17, 15) is 4.79 Å². The molecule has 0 fully saturated rings. The van der Waals surface area contributed by atoms with Crippen LogP contribution >= 0.6 is 15.9 Å². The van der Waals surface area contributed by atoms with E-state index in [0.717, 1.165) is 22.2 Å². The highest BCUT2D eigenvalue weighted by Crippen LogP contribution is 2.32. The van der Waals surface area contributed by atoms with E-state index in [-0.39, 0.29) is 12.5 Å². The number of nitrogens with zero attached hydrogens (tertiary/aromatic N) is 1. The average molecular weight is 481 g/mol. The molecular weight excluding hydrogens is 460 g/mol. The summed E-state index contributed by atoms with van der Waals surface area (Å²) in [6.07, 6.45) is 0.961. The molecule has 0 aliphatic heterocycles. The number of halogens is 1. The molecule has 1 amide bonds. The Hall–Kier alpha value is -3.32. The first-order valence-corrected chi connectivity index (χ1v) is 10.6. The largest absolute Gasteiger partial charge is 0.496 e. The van der Waals surface area contributed by atoms with Crippen molar-refractivity contribution in [3.05, 3.63) is 70.7 Å². The number of hydrogen-bond acceptors (Lipinski definition) is 5. The minimum atomic E-state index is -0.248. The summed E-state index contributed by atoms with van der Waals surface area (Å²) in [6.45, 7) is 2.02. The SMILES string of the molecule is CCc1ccc(OCC(=O)Nc2ccc3oc(-c4ccc(OC)c(Br)c4)nc3c2)cc1. The van der Waals surface area contributed by atoms with Gasteiger partial charge in [0.1, 0.15) is 17.0 Å². The van der Waals surface area contributed by atoms with Gasteiger partial charge < -0.3 is 19.2 Å². The summed E-state index contributed by atoms with van der Waals surface area (Å²) >= 11 is 3.47. The fourth-order valence-electron chi connectivity index (χ4n) is 3.10. The zero-order valence-electron chi connectivity index (χ0n) is 17.1. The maximum absolute atomic E-state index is 12.3. The standard InChI is InChI=1S/C24H21BrN2O4/c1-3-15-4-8-18(9-5-15)30-14-23(28)26-17-7-11-22-20(13-17)27-24(31-22)16-6-10-21(29-2)19(25)12-16/h4-13H,3,14H2,1-2H3,(H,26,28). The number of carbonyl (C=O) groups excluding carboxylic acids is 1. The molecule has 7 heteroatoms. The van der Waals surface area contributed by atoms with Crippen LogP contribution in [0.15, 0.2) is 69.6 Å². The van der Waals surface area contributed by atoms with Crippen LogP contribution in [-0.4, -0.2) is 24.6 Å². The van der Waals surface area contributed by atoms with Crippen molar-refractivity contribution in [3.8, 4) is 23.0 Å². The monoisotopic (exact) mass is 480 g/mol. The second kappa shape index (κ2) is 9.22. The molecule has 0 atom stereocenters. The van der Waals surface area contributed by atoms with E-state index in [4.69, 9.17) is 13.9 Å². The van der Waals surface area contributed by atoms with Crippen LogP contribution in [0.3, 0.4) is 0 Å². The molecule has 4 rings (SSSR count). The number of nitrogens with one attached hydrogen (secondary N) is 1. The summed E-state index contributed by atoms with van der Waals surface area (Å²) in [5.41, 5.74) is 3.94. The number of fused-ring (bicyclic) bond motifs is 1. The highest BCUT2D eigenvalue weighted by molar-refractivity contribution is 9.10. The normalized spacial score (nSPS) is 10.8. The van der Waals surface area contributed by atoms with Crippen LogP contribution in [0, 0.1) is 0 Å². The van der Waals surface area contributed by atoms with Gasteiger partial charge in [-0.2, -0.15) is 0 Å². The molecule has 1 N–H and O–H groups in total. The maximum atomic E-state index is 12.3. The molecule has 31 heavy (non-hydrogen) atoms. The minimum absolute atomic E-state index is 0.0759. The molecule has 4 aromatic rings. The average Bonchev–Trinajstić information content (AvgIpc) is 3.21. The molecule has 0 aliphatic rings. The number of carbonyl (C=O) groups is 1. The van der Waals surface area contributed by atoms with Crippen molar-refractivity contribution in [1.82, 2.24) is 4.98 Å². The van der Waals surface area contributed by atoms with Crippen LogP contribution in [0.1, 0.15) is 12.5 Å². The number of methoxy groups -OCH3 is 1. The van der Waals surface area contributed by atoms with Crippen molar-refractivity contribution in [3.63, 3.8) is 0 Å². The Morgan fingerprint density at radius 1 is 1.10 bits per heavy atom.